The second-order valence-electron chi connectivity index (χ2n) is 4.47. The summed E-state index contributed by atoms with van der Waals surface area (Å²) in [5.41, 5.74) is 2.01. The fourth-order valence-corrected chi connectivity index (χ4v) is 2.05. The number of likely N-dealkylation sites (N-methyl/N-ethyl adjacent to an activating group) is 1. The van der Waals surface area contributed by atoms with Crippen molar-refractivity contribution in [2.45, 2.75) is 0 Å². The molecule has 1 aromatic rings. The maximum Gasteiger partial charge on any atom is 0.490 e. The van der Waals surface area contributed by atoms with E-state index in [4.69, 9.17) is 4.65 Å². The highest BCUT2D eigenvalue weighted by Gasteiger charge is 2.16. The van der Waals surface area contributed by atoms with E-state index in [1.807, 2.05) is 24.3 Å². The zero-order valence-corrected chi connectivity index (χ0v) is 10.5. The molecule has 0 saturated carbocycles. The highest BCUT2D eigenvalue weighted by Crippen LogP contribution is 2.14. The SMILES string of the molecule is COB(O)c1ccc(N2CCN(C)CC2)cc1. The van der Waals surface area contributed by atoms with Gasteiger partial charge < -0.3 is 19.5 Å². The van der Waals surface area contributed by atoms with E-state index in [1.54, 1.807) is 0 Å². The van der Waals surface area contributed by atoms with E-state index in [2.05, 4.69) is 16.8 Å². The molecule has 0 aromatic heterocycles. The highest BCUT2D eigenvalue weighted by molar-refractivity contribution is 6.59. The maximum absolute atomic E-state index is 9.52. The number of hydrogen-bond donors (Lipinski definition) is 1. The van der Waals surface area contributed by atoms with Crippen LogP contribution < -0.4 is 10.4 Å². The van der Waals surface area contributed by atoms with E-state index < -0.39 is 7.12 Å². The molecule has 1 aliphatic heterocycles. The van der Waals surface area contributed by atoms with Crippen LogP contribution in [0.15, 0.2) is 24.3 Å². The molecule has 0 aliphatic carbocycles. The second-order valence-corrected chi connectivity index (χ2v) is 4.47. The van der Waals surface area contributed by atoms with E-state index >= 15 is 0 Å². The summed E-state index contributed by atoms with van der Waals surface area (Å²) in [5.74, 6) is 0. The Hall–Kier alpha value is -1.04. The maximum atomic E-state index is 9.52. The Bertz CT molecular complexity index is 350. The third-order valence-electron chi connectivity index (χ3n) is 3.27. The minimum absolute atomic E-state index is 0.797. The first-order chi connectivity index (χ1) is 8.20. The number of piperazine rings is 1. The second kappa shape index (κ2) is 5.53. The van der Waals surface area contributed by atoms with E-state index in [1.165, 1.54) is 12.8 Å². The number of hydrogen-bond acceptors (Lipinski definition) is 4. The molecule has 0 spiro atoms. The van der Waals surface area contributed by atoms with Crippen molar-refractivity contribution in [2.24, 2.45) is 0 Å². The predicted octanol–water partition coefficient (Wildman–Crippen LogP) is -0.228. The number of rotatable bonds is 3. The summed E-state index contributed by atoms with van der Waals surface area (Å²) in [7, 11) is 2.82. The molecule has 1 heterocycles. The largest absolute Gasteiger partial charge is 0.490 e. The molecule has 1 saturated heterocycles. The average molecular weight is 234 g/mol. The van der Waals surface area contributed by atoms with Gasteiger partial charge in [0.25, 0.3) is 0 Å². The van der Waals surface area contributed by atoms with E-state index in [0.29, 0.717) is 0 Å². The van der Waals surface area contributed by atoms with Crippen LogP contribution in [0.4, 0.5) is 5.69 Å². The van der Waals surface area contributed by atoms with Crippen LogP contribution in [0.5, 0.6) is 0 Å². The van der Waals surface area contributed by atoms with Gasteiger partial charge in [-0.15, -0.1) is 0 Å². The summed E-state index contributed by atoms with van der Waals surface area (Å²) in [6.07, 6.45) is 0. The number of nitrogens with zero attached hydrogens (tertiary/aromatic N) is 2. The zero-order valence-electron chi connectivity index (χ0n) is 10.5. The standard InChI is InChI=1S/C12H19BN2O2/c1-14-7-9-15(10-8-14)12-5-3-11(4-6-12)13(16)17-2/h3-6,16H,7-10H2,1-2H3. The molecule has 92 valence electrons. The van der Waals surface area contributed by atoms with Crippen molar-refractivity contribution in [3.8, 4) is 0 Å². The normalized spacial score (nSPS) is 17.2. The number of anilines is 1. The van der Waals surface area contributed by atoms with Crippen molar-refractivity contribution in [1.82, 2.24) is 4.90 Å². The van der Waals surface area contributed by atoms with Crippen molar-refractivity contribution >= 4 is 18.3 Å². The summed E-state index contributed by atoms with van der Waals surface area (Å²) in [4.78, 5) is 4.70. The van der Waals surface area contributed by atoms with Crippen LogP contribution in [0.3, 0.4) is 0 Å². The predicted molar refractivity (Wildman–Crippen MR) is 70.8 cm³/mol. The zero-order chi connectivity index (χ0) is 12.3. The molecule has 5 heteroatoms. The van der Waals surface area contributed by atoms with Gasteiger partial charge in [-0.25, -0.2) is 0 Å². The van der Waals surface area contributed by atoms with Crippen LogP contribution in [0.2, 0.25) is 0 Å². The van der Waals surface area contributed by atoms with Gasteiger partial charge in [0.1, 0.15) is 0 Å². The molecular formula is C12H19BN2O2. The van der Waals surface area contributed by atoms with Gasteiger partial charge in [0.15, 0.2) is 0 Å². The smallest absolute Gasteiger partial charge is 0.423 e. The Morgan fingerprint density at radius 3 is 2.24 bits per heavy atom. The van der Waals surface area contributed by atoms with Crippen LogP contribution in [0.1, 0.15) is 0 Å². The molecule has 1 N–H and O–H groups in total. The van der Waals surface area contributed by atoms with Crippen LogP contribution in [0.25, 0.3) is 0 Å². The fraction of sp³-hybridized carbons (Fsp3) is 0.500. The molecule has 0 atom stereocenters. The minimum atomic E-state index is -0.823. The monoisotopic (exact) mass is 234 g/mol. The fourth-order valence-electron chi connectivity index (χ4n) is 2.05. The molecule has 0 radical (unpaired) electrons. The molecule has 0 amide bonds. The molecule has 1 aliphatic rings. The summed E-state index contributed by atoms with van der Waals surface area (Å²) >= 11 is 0. The van der Waals surface area contributed by atoms with E-state index in [9.17, 15) is 5.02 Å². The topological polar surface area (TPSA) is 35.9 Å². The Morgan fingerprint density at radius 2 is 1.71 bits per heavy atom. The van der Waals surface area contributed by atoms with Gasteiger partial charge in [-0.1, -0.05) is 12.1 Å². The lowest BCUT2D eigenvalue weighted by atomic mass is 9.80. The van der Waals surface area contributed by atoms with Crippen molar-refractivity contribution in [1.29, 1.82) is 0 Å². The minimum Gasteiger partial charge on any atom is -0.423 e. The van der Waals surface area contributed by atoms with Gasteiger partial charge in [-0.05, 0) is 24.6 Å². The van der Waals surface area contributed by atoms with Gasteiger partial charge in [0.2, 0.25) is 0 Å². The van der Waals surface area contributed by atoms with Crippen molar-refractivity contribution in [2.75, 3.05) is 45.2 Å². The molecule has 0 bridgehead atoms. The first kappa shape index (κ1) is 12.4. The lowest BCUT2D eigenvalue weighted by Crippen LogP contribution is -2.44. The van der Waals surface area contributed by atoms with Gasteiger partial charge in [-0.2, -0.15) is 0 Å². The van der Waals surface area contributed by atoms with Gasteiger partial charge in [0, 0.05) is 39.0 Å². The van der Waals surface area contributed by atoms with Gasteiger partial charge >= 0.3 is 7.12 Å². The van der Waals surface area contributed by atoms with Crippen LogP contribution in [-0.2, 0) is 4.65 Å². The van der Waals surface area contributed by atoms with E-state index in [0.717, 1.165) is 31.6 Å². The Kier molecular flexibility index (Phi) is 4.04. The highest BCUT2D eigenvalue weighted by atomic mass is 16.5. The van der Waals surface area contributed by atoms with Crippen molar-refractivity contribution in [3.63, 3.8) is 0 Å². The van der Waals surface area contributed by atoms with Crippen LogP contribution in [-0.4, -0.2) is 57.4 Å². The van der Waals surface area contributed by atoms with Crippen LogP contribution in [0, 0.1) is 0 Å². The summed E-state index contributed by atoms with van der Waals surface area (Å²) < 4.78 is 4.87. The first-order valence-corrected chi connectivity index (χ1v) is 5.95. The summed E-state index contributed by atoms with van der Waals surface area (Å²) in [6, 6.07) is 7.93. The van der Waals surface area contributed by atoms with Gasteiger partial charge in [-0.3, -0.25) is 0 Å². The average Bonchev–Trinajstić information content (AvgIpc) is 2.39. The first-order valence-electron chi connectivity index (χ1n) is 5.95. The molecule has 17 heavy (non-hydrogen) atoms. The molecular weight excluding hydrogens is 215 g/mol. The lowest BCUT2D eigenvalue weighted by Gasteiger charge is -2.34. The third kappa shape index (κ3) is 3.00. The van der Waals surface area contributed by atoms with Crippen molar-refractivity contribution < 1.29 is 9.68 Å². The Labute approximate surface area is 103 Å². The molecule has 2 rings (SSSR count). The molecule has 4 nitrogen and oxygen atoms in total. The van der Waals surface area contributed by atoms with Crippen molar-refractivity contribution in [3.05, 3.63) is 24.3 Å². The van der Waals surface area contributed by atoms with E-state index in [-0.39, 0.29) is 0 Å². The number of benzene rings is 1. The quantitative estimate of drug-likeness (QED) is 0.733. The van der Waals surface area contributed by atoms with Crippen LogP contribution >= 0.6 is 0 Å². The third-order valence-corrected chi connectivity index (χ3v) is 3.27. The molecule has 1 fully saturated rings. The molecule has 0 unspecified atom stereocenters. The Balaban J connectivity index is 2.02. The summed E-state index contributed by atoms with van der Waals surface area (Å²) in [5, 5.41) is 9.52. The Morgan fingerprint density at radius 1 is 1.12 bits per heavy atom. The summed E-state index contributed by atoms with van der Waals surface area (Å²) in [6.45, 7) is 4.32. The van der Waals surface area contributed by atoms with Gasteiger partial charge in [0.05, 0.1) is 0 Å². The molecule has 1 aromatic carbocycles. The lowest BCUT2D eigenvalue weighted by molar-refractivity contribution is 0.313.